The molecule has 0 spiro atoms. The van der Waals surface area contributed by atoms with Crippen LogP contribution in [0, 0.1) is 0 Å². The molecule has 3 aromatic rings. The average Bonchev–Trinajstić information content (AvgIpc) is 3.29. The summed E-state index contributed by atoms with van der Waals surface area (Å²) in [4.78, 5) is 14.9. The van der Waals surface area contributed by atoms with Gasteiger partial charge >= 0.3 is 0 Å². The number of methoxy groups -OCH3 is 1. The van der Waals surface area contributed by atoms with Gasteiger partial charge in [0.25, 0.3) is 5.91 Å². The van der Waals surface area contributed by atoms with E-state index in [2.05, 4.69) is 0 Å². The molecule has 2 heterocycles. The van der Waals surface area contributed by atoms with Crippen molar-refractivity contribution in [2.75, 3.05) is 13.7 Å². The zero-order valence-electron chi connectivity index (χ0n) is 16.0. The Bertz CT molecular complexity index is 1110. The Balaban J connectivity index is 1.84. The Morgan fingerprint density at radius 2 is 1.97 bits per heavy atom. The van der Waals surface area contributed by atoms with Crippen LogP contribution in [0.15, 0.2) is 65.7 Å². The lowest BCUT2D eigenvalue weighted by atomic mass is 10.1. The minimum absolute atomic E-state index is 0.0634. The highest BCUT2D eigenvalue weighted by atomic mass is 32.2. The zero-order chi connectivity index (χ0) is 20.4. The molecule has 5 nitrogen and oxygen atoms in total. The van der Waals surface area contributed by atoms with E-state index in [4.69, 9.17) is 22.1 Å². The first kappa shape index (κ1) is 19.4. The van der Waals surface area contributed by atoms with E-state index in [1.54, 1.807) is 12.0 Å². The summed E-state index contributed by atoms with van der Waals surface area (Å²) in [5.74, 6) is 0.687. The van der Waals surface area contributed by atoms with Gasteiger partial charge in [-0.05, 0) is 37.3 Å². The number of hydrogen-bond donors (Lipinski definition) is 0. The molecular weight excluding hydrogens is 402 g/mol. The molecule has 29 heavy (non-hydrogen) atoms. The first-order chi connectivity index (χ1) is 14.1. The number of benzene rings is 2. The molecule has 1 aromatic heterocycles. The van der Waals surface area contributed by atoms with E-state index in [0.29, 0.717) is 15.8 Å². The number of carbonyl (C=O) groups excluding carboxylic acids is 1. The largest absolute Gasteiger partial charge is 0.497 e. The molecule has 0 aliphatic carbocycles. The topological polar surface area (TPSA) is 47.4 Å². The van der Waals surface area contributed by atoms with Crippen molar-refractivity contribution in [2.24, 2.45) is 0 Å². The maximum atomic E-state index is 12.7. The summed E-state index contributed by atoms with van der Waals surface area (Å²) in [6.45, 7) is 2.48. The van der Waals surface area contributed by atoms with Crippen molar-refractivity contribution in [3.63, 3.8) is 0 Å². The monoisotopic (exact) mass is 421 g/mol. The van der Waals surface area contributed by atoms with Gasteiger partial charge < -0.3 is 4.74 Å². The fourth-order valence-corrected chi connectivity index (χ4v) is 4.49. The smallest absolute Gasteiger partial charge is 0.266 e. The minimum Gasteiger partial charge on any atom is -0.497 e. The predicted molar refractivity (Wildman–Crippen MR) is 121 cm³/mol. The van der Waals surface area contributed by atoms with Gasteiger partial charge in [-0.15, -0.1) is 0 Å². The second kappa shape index (κ2) is 8.23. The van der Waals surface area contributed by atoms with Crippen molar-refractivity contribution in [1.29, 1.82) is 0 Å². The van der Waals surface area contributed by atoms with Crippen molar-refractivity contribution in [1.82, 2.24) is 14.7 Å². The SMILES string of the molecule is CCN1C(=O)C(=Cc2cn(-c3ccccc3)nc2-c2cccc(OC)c2)SC1=S. The van der Waals surface area contributed by atoms with Gasteiger partial charge in [-0.1, -0.05) is 54.3 Å². The molecule has 1 fully saturated rings. The summed E-state index contributed by atoms with van der Waals surface area (Å²) in [5.41, 5.74) is 3.47. The molecule has 0 radical (unpaired) electrons. The number of aromatic nitrogens is 2. The van der Waals surface area contributed by atoms with E-state index >= 15 is 0 Å². The summed E-state index contributed by atoms with van der Waals surface area (Å²) < 4.78 is 7.77. The number of carbonyl (C=O) groups is 1. The summed E-state index contributed by atoms with van der Waals surface area (Å²) >= 11 is 6.67. The lowest BCUT2D eigenvalue weighted by Crippen LogP contribution is -2.27. The molecule has 146 valence electrons. The molecule has 4 rings (SSSR count). The quantitative estimate of drug-likeness (QED) is 0.439. The standard InChI is InChI=1S/C22H19N3O2S2/c1-3-24-21(26)19(29-22(24)28)13-16-14-25(17-9-5-4-6-10-17)23-20(16)15-8-7-11-18(12-15)27-2/h4-14H,3H2,1-2H3. The number of thiocarbonyl (C=S) groups is 1. The van der Waals surface area contributed by atoms with Crippen LogP contribution < -0.4 is 4.74 Å². The highest BCUT2D eigenvalue weighted by molar-refractivity contribution is 8.26. The normalized spacial score (nSPS) is 15.4. The highest BCUT2D eigenvalue weighted by Gasteiger charge is 2.31. The molecule has 2 aromatic carbocycles. The lowest BCUT2D eigenvalue weighted by Gasteiger charge is -2.09. The van der Waals surface area contributed by atoms with Crippen LogP contribution in [-0.2, 0) is 4.79 Å². The third-order valence-electron chi connectivity index (χ3n) is 4.58. The first-order valence-corrected chi connectivity index (χ1v) is 10.4. The Labute approximate surface area is 179 Å². The van der Waals surface area contributed by atoms with Gasteiger partial charge in [-0.3, -0.25) is 9.69 Å². The van der Waals surface area contributed by atoms with Crippen LogP contribution in [0.1, 0.15) is 12.5 Å². The van der Waals surface area contributed by atoms with Gasteiger partial charge in [-0.2, -0.15) is 5.10 Å². The van der Waals surface area contributed by atoms with Crippen LogP contribution in [-0.4, -0.2) is 38.6 Å². The number of para-hydroxylation sites is 1. The van der Waals surface area contributed by atoms with Crippen LogP contribution in [0.25, 0.3) is 23.0 Å². The van der Waals surface area contributed by atoms with Crippen LogP contribution in [0.4, 0.5) is 0 Å². The Morgan fingerprint density at radius 1 is 1.17 bits per heavy atom. The van der Waals surface area contributed by atoms with Gasteiger partial charge in [0.05, 0.1) is 17.7 Å². The van der Waals surface area contributed by atoms with E-state index in [1.165, 1.54) is 11.8 Å². The van der Waals surface area contributed by atoms with Crippen LogP contribution in [0.5, 0.6) is 5.75 Å². The summed E-state index contributed by atoms with van der Waals surface area (Å²) in [5, 5.41) is 4.80. The zero-order valence-corrected chi connectivity index (χ0v) is 17.7. The maximum absolute atomic E-state index is 12.7. The van der Waals surface area contributed by atoms with Crippen LogP contribution >= 0.6 is 24.0 Å². The second-order valence-corrected chi connectivity index (χ2v) is 8.05. The number of amides is 1. The molecule has 0 bridgehead atoms. The second-order valence-electron chi connectivity index (χ2n) is 6.37. The minimum atomic E-state index is -0.0634. The van der Waals surface area contributed by atoms with E-state index in [-0.39, 0.29) is 5.91 Å². The van der Waals surface area contributed by atoms with Crippen LogP contribution in [0.3, 0.4) is 0 Å². The molecule has 1 amide bonds. The molecule has 7 heteroatoms. The fourth-order valence-electron chi connectivity index (χ4n) is 3.11. The van der Waals surface area contributed by atoms with E-state index < -0.39 is 0 Å². The number of rotatable bonds is 5. The highest BCUT2D eigenvalue weighted by Crippen LogP contribution is 2.35. The number of nitrogens with zero attached hydrogens (tertiary/aromatic N) is 3. The Hall–Kier alpha value is -2.90. The van der Waals surface area contributed by atoms with E-state index in [9.17, 15) is 4.79 Å². The van der Waals surface area contributed by atoms with Crippen molar-refractivity contribution in [3.8, 4) is 22.7 Å². The van der Waals surface area contributed by atoms with Gasteiger partial charge in [0.2, 0.25) is 0 Å². The third-order valence-corrected chi connectivity index (χ3v) is 5.96. The fraction of sp³-hybridized carbons (Fsp3) is 0.136. The Morgan fingerprint density at radius 3 is 2.66 bits per heavy atom. The predicted octanol–water partition coefficient (Wildman–Crippen LogP) is 4.77. The molecule has 1 aliphatic rings. The number of thioether (sulfide) groups is 1. The lowest BCUT2D eigenvalue weighted by molar-refractivity contribution is -0.121. The van der Waals surface area contributed by atoms with Crippen molar-refractivity contribution >= 4 is 40.3 Å². The summed E-state index contributed by atoms with van der Waals surface area (Å²) in [7, 11) is 1.64. The van der Waals surface area contributed by atoms with Crippen molar-refractivity contribution in [2.45, 2.75) is 6.92 Å². The van der Waals surface area contributed by atoms with Gasteiger partial charge in [-0.25, -0.2) is 4.68 Å². The summed E-state index contributed by atoms with van der Waals surface area (Å²) in [6.07, 6.45) is 3.80. The third kappa shape index (κ3) is 3.83. The average molecular weight is 422 g/mol. The Kier molecular flexibility index (Phi) is 5.51. The molecule has 0 atom stereocenters. The van der Waals surface area contributed by atoms with Crippen LogP contribution in [0.2, 0.25) is 0 Å². The van der Waals surface area contributed by atoms with Crippen molar-refractivity contribution in [3.05, 3.63) is 71.3 Å². The molecule has 1 saturated heterocycles. The van der Waals surface area contributed by atoms with Gasteiger partial charge in [0.15, 0.2) is 0 Å². The molecular formula is C22H19N3O2S2. The number of likely N-dealkylation sites (N-methyl/N-ethyl adjacent to an activating group) is 1. The van der Waals surface area contributed by atoms with E-state index in [0.717, 1.165) is 28.3 Å². The maximum Gasteiger partial charge on any atom is 0.266 e. The molecule has 0 N–H and O–H groups in total. The van der Waals surface area contributed by atoms with Gasteiger partial charge in [0, 0.05) is 23.9 Å². The van der Waals surface area contributed by atoms with Gasteiger partial charge in [0.1, 0.15) is 15.8 Å². The van der Waals surface area contributed by atoms with E-state index in [1.807, 2.05) is 78.5 Å². The number of hydrogen-bond acceptors (Lipinski definition) is 5. The molecule has 0 unspecified atom stereocenters. The number of ether oxygens (including phenoxy) is 1. The molecule has 0 saturated carbocycles. The first-order valence-electron chi connectivity index (χ1n) is 9.15. The summed E-state index contributed by atoms with van der Waals surface area (Å²) in [6, 6.07) is 17.6. The van der Waals surface area contributed by atoms with Crippen molar-refractivity contribution < 1.29 is 9.53 Å². The molecule has 1 aliphatic heterocycles.